The van der Waals surface area contributed by atoms with Gasteiger partial charge in [0.1, 0.15) is 11.6 Å². The van der Waals surface area contributed by atoms with Crippen molar-refractivity contribution in [3.8, 4) is 11.1 Å². The Kier molecular flexibility index (Phi) is 5.96. The quantitative estimate of drug-likeness (QED) is 0.608. The van der Waals surface area contributed by atoms with Gasteiger partial charge in [-0.2, -0.15) is 5.10 Å². The lowest BCUT2D eigenvalue weighted by molar-refractivity contribution is 0.0691. The molecule has 3 aromatic rings. The Morgan fingerprint density at radius 1 is 1.15 bits per heavy atom. The van der Waals surface area contributed by atoms with E-state index in [-0.39, 0.29) is 5.69 Å². The molecule has 2 aromatic heterocycles. The van der Waals surface area contributed by atoms with E-state index in [1.54, 1.807) is 12.1 Å². The van der Waals surface area contributed by atoms with Gasteiger partial charge in [-0.05, 0) is 30.5 Å². The van der Waals surface area contributed by atoms with Crippen molar-refractivity contribution in [2.24, 2.45) is 0 Å². The van der Waals surface area contributed by atoms with Crippen LogP contribution >= 0.6 is 0 Å². The molecule has 0 aliphatic heterocycles. The van der Waals surface area contributed by atoms with Gasteiger partial charge in [-0.3, -0.25) is 0 Å². The maximum Gasteiger partial charge on any atom is 0.355 e. The Hall–Kier alpha value is -3.02. The van der Waals surface area contributed by atoms with E-state index in [1.165, 1.54) is 19.0 Å². The Morgan fingerprint density at radius 2 is 1.93 bits per heavy atom. The first-order chi connectivity index (χ1) is 13.1. The summed E-state index contributed by atoms with van der Waals surface area (Å²) in [5, 5.41) is 13.8. The normalized spacial score (nSPS) is 10.9. The van der Waals surface area contributed by atoms with Gasteiger partial charge in [0.15, 0.2) is 5.69 Å². The SMILES string of the molecule is CCCCCn1nc(C)nc1Cc1ccc(-c2cccnc2C(=O)O)cc1. The molecule has 1 aromatic carbocycles. The van der Waals surface area contributed by atoms with Crippen LogP contribution in [0.3, 0.4) is 0 Å². The molecule has 140 valence electrons. The highest BCUT2D eigenvalue weighted by Gasteiger charge is 2.13. The zero-order valence-corrected chi connectivity index (χ0v) is 15.7. The average molecular weight is 364 g/mol. The van der Waals surface area contributed by atoms with Gasteiger partial charge >= 0.3 is 5.97 Å². The molecule has 6 heteroatoms. The third kappa shape index (κ3) is 4.58. The molecule has 0 saturated carbocycles. The second kappa shape index (κ2) is 8.58. The van der Waals surface area contributed by atoms with Crippen molar-refractivity contribution in [1.82, 2.24) is 19.7 Å². The van der Waals surface area contributed by atoms with Crippen molar-refractivity contribution < 1.29 is 9.90 Å². The number of carbonyl (C=O) groups is 1. The first-order valence-corrected chi connectivity index (χ1v) is 9.26. The molecule has 0 unspecified atom stereocenters. The van der Waals surface area contributed by atoms with Crippen molar-refractivity contribution in [2.45, 2.75) is 46.1 Å². The Labute approximate surface area is 158 Å². The van der Waals surface area contributed by atoms with E-state index in [0.717, 1.165) is 35.7 Å². The van der Waals surface area contributed by atoms with Crippen LogP contribution in [0.5, 0.6) is 0 Å². The predicted molar refractivity (Wildman–Crippen MR) is 104 cm³/mol. The number of aromatic nitrogens is 4. The van der Waals surface area contributed by atoms with Gasteiger partial charge in [0, 0.05) is 24.7 Å². The van der Waals surface area contributed by atoms with Crippen LogP contribution in [-0.2, 0) is 13.0 Å². The second-order valence-corrected chi connectivity index (χ2v) is 6.58. The summed E-state index contributed by atoms with van der Waals surface area (Å²) < 4.78 is 2.00. The lowest BCUT2D eigenvalue weighted by Gasteiger charge is -2.08. The van der Waals surface area contributed by atoms with E-state index in [9.17, 15) is 9.90 Å². The molecule has 27 heavy (non-hydrogen) atoms. The molecule has 0 aliphatic carbocycles. The molecule has 2 heterocycles. The minimum Gasteiger partial charge on any atom is -0.476 e. The maximum atomic E-state index is 11.4. The van der Waals surface area contributed by atoms with E-state index in [2.05, 4.69) is 22.0 Å². The van der Waals surface area contributed by atoms with Gasteiger partial charge in [0.2, 0.25) is 0 Å². The van der Waals surface area contributed by atoms with Gasteiger partial charge in [-0.15, -0.1) is 0 Å². The van der Waals surface area contributed by atoms with Gasteiger partial charge in [0.05, 0.1) is 0 Å². The van der Waals surface area contributed by atoms with Crippen molar-refractivity contribution in [1.29, 1.82) is 0 Å². The summed E-state index contributed by atoms with van der Waals surface area (Å²) in [6, 6.07) is 11.4. The van der Waals surface area contributed by atoms with Crippen molar-refractivity contribution >= 4 is 5.97 Å². The van der Waals surface area contributed by atoms with Crippen LogP contribution in [-0.4, -0.2) is 30.8 Å². The molecule has 0 radical (unpaired) electrons. The smallest absolute Gasteiger partial charge is 0.355 e. The molecule has 0 atom stereocenters. The average Bonchev–Trinajstić information content (AvgIpc) is 3.01. The third-order valence-electron chi connectivity index (χ3n) is 4.47. The molecule has 0 saturated heterocycles. The highest BCUT2D eigenvalue weighted by atomic mass is 16.4. The molecule has 0 bridgehead atoms. The van der Waals surface area contributed by atoms with Crippen LogP contribution in [0.25, 0.3) is 11.1 Å². The standard InChI is InChI=1S/C21H24N4O2/c1-3-4-5-13-25-19(23-15(2)24-25)14-16-8-10-17(11-9-16)18-7-6-12-22-20(18)21(26)27/h6-12H,3-5,13-14H2,1-2H3,(H,26,27). The summed E-state index contributed by atoms with van der Waals surface area (Å²) in [4.78, 5) is 19.9. The van der Waals surface area contributed by atoms with Crippen LogP contribution in [0.1, 0.15) is 53.9 Å². The fourth-order valence-corrected chi connectivity index (χ4v) is 3.11. The molecule has 0 spiro atoms. The largest absolute Gasteiger partial charge is 0.476 e. The highest BCUT2D eigenvalue weighted by Crippen LogP contribution is 2.23. The zero-order chi connectivity index (χ0) is 19.2. The van der Waals surface area contributed by atoms with Gasteiger partial charge in [-0.25, -0.2) is 19.4 Å². The number of carboxylic acid groups (broad SMARTS) is 1. The fourth-order valence-electron chi connectivity index (χ4n) is 3.11. The second-order valence-electron chi connectivity index (χ2n) is 6.58. The topological polar surface area (TPSA) is 80.9 Å². The fraction of sp³-hybridized carbons (Fsp3) is 0.333. The number of benzene rings is 1. The summed E-state index contributed by atoms with van der Waals surface area (Å²) >= 11 is 0. The number of aryl methyl sites for hydroxylation is 2. The molecule has 3 rings (SSSR count). The molecule has 0 amide bonds. The van der Waals surface area contributed by atoms with Crippen LogP contribution in [0.4, 0.5) is 0 Å². The number of carboxylic acids is 1. The Morgan fingerprint density at radius 3 is 2.63 bits per heavy atom. The first kappa shape index (κ1) is 18.8. The van der Waals surface area contributed by atoms with Crippen LogP contribution in [0.15, 0.2) is 42.6 Å². The number of pyridine rings is 1. The van der Waals surface area contributed by atoms with E-state index in [1.807, 2.05) is 35.9 Å². The van der Waals surface area contributed by atoms with Gasteiger partial charge in [-0.1, -0.05) is 50.1 Å². The summed E-state index contributed by atoms with van der Waals surface area (Å²) in [6.45, 7) is 4.99. The number of hydrogen-bond donors (Lipinski definition) is 1. The van der Waals surface area contributed by atoms with Crippen LogP contribution in [0, 0.1) is 6.92 Å². The molecular formula is C21H24N4O2. The van der Waals surface area contributed by atoms with E-state index in [4.69, 9.17) is 0 Å². The Bertz CT molecular complexity index is 916. The van der Waals surface area contributed by atoms with Gasteiger partial charge < -0.3 is 5.11 Å². The number of rotatable bonds is 8. The summed E-state index contributed by atoms with van der Waals surface area (Å²) in [7, 11) is 0. The maximum absolute atomic E-state index is 11.4. The monoisotopic (exact) mass is 364 g/mol. The van der Waals surface area contributed by atoms with Gasteiger partial charge in [0.25, 0.3) is 0 Å². The highest BCUT2D eigenvalue weighted by molar-refractivity contribution is 5.93. The first-order valence-electron chi connectivity index (χ1n) is 9.26. The predicted octanol–water partition coefficient (Wildman–Crippen LogP) is 4.13. The number of aromatic carboxylic acids is 1. The summed E-state index contributed by atoms with van der Waals surface area (Å²) in [5.41, 5.74) is 2.64. The lowest BCUT2D eigenvalue weighted by Crippen LogP contribution is -2.07. The van der Waals surface area contributed by atoms with Crippen molar-refractivity contribution in [2.75, 3.05) is 0 Å². The third-order valence-corrected chi connectivity index (χ3v) is 4.47. The molecule has 1 N–H and O–H groups in total. The number of nitrogens with zero attached hydrogens (tertiary/aromatic N) is 4. The zero-order valence-electron chi connectivity index (χ0n) is 15.7. The number of hydrogen-bond acceptors (Lipinski definition) is 4. The van der Waals surface area contributed by atoms with Crippen molar-refractivity contribution in [3.05, 3.63) is 65.5 Å². The molecular weight excluding hydrogens is 340 g/mol. The minimum absolute atomic E-state index is 0.0662. The lowest BCUT2D eigenvalue weighted by atomic mass is 10.0. The molecule has 0 aliphatic rings. The summed E-state index contributed by atoms with van der Waals surface area (Å²) in [5.74, 6) is 0.730. The van der Waals surface area contributed by atoms with Crippen LogP contribution in [0.2, 0.25) is 0 Å². The molecule has 6 nitrogen and oxygen atoms in total. The summed E-state index contributed by atoms with van der Waals surface area (Å²) in [6.07, 6.45) is 5.66. The van der Waals surface area contributed by atoms with E-state index < -0.39 is 5.97 Å². The Balaban J connectivity index is 1.78. The van der Waals surface area contributed by atoms with Crippen molar-refractivity contribution in [3.63, 3.8) is 0 Å². The van der Waals surface area contributed by atoms with Crippen LogP contribution < -0.4 is 0 Å². The van der Waals surface area contributed by atoms with E-state index >= 15 is 0 Å². The number of unbranched alkanes of at least 4 members (excludes halogenated alkanes) is 2. The molecule has 0 fully saturated rings. The van der Waals surface area contributed by atoms with E-state index in [0.29, 0.717) is 12.0 Å². The minimum atomic E-state index is -1.02.